The molecule has 0 radical (unpaired) electrons. The minimum Gasteiger partial charge on any atom is -0.350 e. The van der Waals surface area contributed by atoms with Crippen molar-refractivity contribution in [1.29, 1.82) is 0 Å². The van der Waals surface area contributed by atoms with Gasteiger partial charge in [0.15, 0.2) is 0 Å². The Labute approximate surface area is 200 Å². The standard InChI is InChI=1S/C29H42N2O2/c1-24(26-18-12-10-13-19-26)30-28(32)22-16-8-6-4-3-5-7-9-17-23-29(33)31-25(2)27-20-14-11-15-21-27/h10-15,18-21,24-25H,3-9,16-17,22-23H2,1-2H3,(H,30,32)(H,31,33)/t24-,25-/m0/s1. The third-order valence-corrected chi connectivity index (χ3v) is 6.16. The molecule has 2 aromatic carbocycles. The zero-order valence-corrected chi connectivity index (χ0v) is 20.5. The van der Waals surface area contributed by atoms with Gasteiger partial charge in [-0.3, -0.25) is 9.59 Å². The molecule has 33 heavy (non-hydrogen) atoms. The van der Waals surface area contributed by atoms with Crippen molar-refractivity contribution in [1.82, 2.24) is 10.6 Å². The molecule has 0 fully saturated rings. The quantitative estimate of drug-likeness (QED) is 0.270. The first-order valence-electron chi connectivity index (χ1n) is 12.7. The minimum atomic E-state index is 0.0667. The van der Waals surface area contributed by atoms with Gasteiger partial charge in [0.1, 0.15) is 0 Å². The molecule has 0 unspecified atom stereocenters. The summed E-state index contributed by atoms with van der Waals surface area (Å²) in [7, 11) is 0. The zero-order chi connectivity index (χ0) is 23.7. The van der Waals surface area contributed by atoms with E-state index in [1.54, 1.807) is 0 Å². The first-order valence-corrected chi connectivity index (χ1v) is 12.7. The van der Waals surface area contributed by atoms with E-state index in [0.29, 0.717) is 12.8 Å². The normalized spacial score (nSPS) is 12.7. The molecule has 0 spiro atoms. The number of benzene rings is 2. The SMILES string of the molecule is C[C@H](NC(=O)CCCCCCCCCCCC(=O)N[C@@H](C)c1ccccc1)c1ccccc1. The maximum Gasteiger partial charge on any atom is 0.220 e. The van der Waals surface area contributed by atoms with Crippen LogP contribution in [0.3, 0.4) is 0 Å². The summed E-state index contributed by atoms with van der Waals surface area (Å²) < 4.78 is 0. The largest absolute Gasteiger partial charge is 0.350 e. The summed E-state index contributed by atoms with van der Waals surface area (Å²) in [6, 6.07) is 20.3. The average molecular weight is 451 g/mol. The summed E-state index contributed by atoms with van der Waals surface area (Å²) in [6.45, 7) is 4.07. The molecule has 180 valence electrons. The highest BCUT2D eigenvalue weighted by Gasteiger charge is 2.09. The Balaban J connectivity index is 1.38. The third kappa shape index (κ3) is 11.7. The van der Waals surface area contributed by atoms with Crippen LogP contribution in [-0.2, 0) is 9.59 Å². The van der Waals surface area contributed by atoms with Gasteiger partial charge >= 0.3 is 0 Å². The van der Waals surface area contributed by atoms with E-state index in [1.807, 2.05) is 74.5 Å². The molecule has 0 aliphatic carbocycles. The molecular formula is C29H42N2O2. The second-order valence-electron chi connectivity index (χ2n) is 9.08. The summed E-state index contributed by atoms with van der Waals surface area (Å²) in [6.07, 6.45) is 11.5. The van der Waals surface area contributed by atoms with Crippen LogP contribution in [0.1, 0.15) is 108 Å². The molecule has 4 heteroatoms. The summed E-state index contributed by atoms with van der Waals surface area (Å²) >= 11 is 0. The van der Waals surface area contributed by atoms with E-state index in [9.17, 15) is 9.59 Å². The van der Waals surface area contributed by atoms with Crippen LogP contribution < -0.4 is 10.6 Å². The minimum absolute atomic E-state index is 0.0667. The molecule has 0 saturated carbocycles. The Kier molecular flexibility index (Phi) is 13.0. The number of amides is 2. The van der Waals surface area contributed by atoms with Crippen molar-refractivity contribution in [2.45, 2.75) is 96.6 Å². The number of nitrogens with one attached hydrogen (secondary N) is 2. The van der Waals surface area contributed by atoms with Gasteiger partial charge in [0.05, 0.1) is 12.1 Å². The van der Waals surface area contributed by atoms with Crippen molar-refractivity contribution in [3.63, 3.8) is 0 Å². The lowest BCUT2D eigenvalue weighted by Gasteiger charge is -2.14. The first kappa shape index (κ1) is 26.6. The molecule has 0 aliphatic heterocycles. The summed E-state index contributed by atoms with van der Waals surface area (Å²) in [5.74, 6) is 0.294. The average Bonchev–Trinajstić information content (AvgIpc) is 2.83. The summed E-state index contributed by atoms with van der Waals surface area (Å²) in [5, 5.41) is 6.17. The van der Waals surface area contributed by atoms with E-state index >= 15 is 0 Å². The van der Waals surface area contributed by atoms with Crippen LogP contribution in [0.25, 0.3) is 0 Å². The number of hydrogen-bond acceptors (Lipinski definition) is 2. The van der Waals surface area contributed by atoms with Gasteiger partial charge in [-0.15, -0.1) is 0 Å². The van der Waals surface area contributed by atoms with Crippen LogP contribution in [0.15, 0.2) is 60.7 Å². The van der Waals surface area contributed by atoms with Gasteiger partial charge in [0.25, 0.3) is 0 Å². The van der Waals surface area contributed by atoms with Crippen LogP contribution in [0.4, 0.5) is 0 Å². The van der Waals surface area contributed by atoms with Gasteiger partial charge in [-0.2, -0.15) is 0 Å². The monoisotopic (exact) mass is 450 g/mol. The van der Waals surface area contributed by atoms with E-state index in [-0.39, 0.29) is 23.9 Å². The number of unbranched alkanes of at least 4 members (excludes halogenated alkanes) is 8. The fourth-order valence-electron chi connectivity index (χ4n) is 4.09. The van der Waals surface area contributed by atoms with E-state index < -0.39 is 0 Å². The zero-order valence-electron chi connectivity index (χ0n) is 20.5. The Morgan fingerprint density at radius 3 is 1.18 bits per heavy atom. The van der Waals surface area contributed by atoms with Crippen molar-refractivity contribution < 1.29 is 9.59 Å². The highest BCUT2D eigenvalue weighted by atomic mass is 16.2. The van der Waals surface area contributed by atoms with Crippen molar-refractivity contribution >= 4 is 11.8 Å². The van der Waals surface area contributed by atoms with Crippen molar-refractivity contribution in [2.75, 3.05) is 0 Å². The molecule has 2 amide bonds. The molecule has 2 rings (SSSR count). The predicted octanol–water partition coefficient (Wildman–Crippen LogP) is 7.03. The molecule has 2 N–H and O–H groups in total. The second-order valence-corrected chi connectivity index (χ2v) is 9.08. The lowest BCUT2D eigenvalue weighted by Crippen LogP contribution is -2.26. The van der Waals surface area contributed by atoms with Crippen LogP contribution in [-0.4, -0.2) is 11.8 Å². The van der Waals surface area contributed by atoms with Gasteiger partial charge in [0, 0.05) is 12.8 Å². The van der Waals surface area contributed by atoms with E-state index in [0.717, 1.165) is 36.8 Å². The van der Waals surface area contributed by atoms with Crippen LogP contribution >= 0.6 is 0 Å². The molecule has 4 nitrogen and oxygen atoms in total. The Morgan fingerprint density at radius 2 is 0.848 bits per heavy atom. The van der Waals surface area contributed by atoms with Gasteiger partial charge < -0.3 is 10.6 Å². The molecule has 0 bridgehead atoms. The molecule has 0 aliphatic rings. The molecule has 2 aromatic rings. The van der Waals surface area contributed by atoms with Gasteiger partial charge in [-0.05, 0) is 37.8 Å². The van der Waals surface area contributed by atoms with E-state index in [4.69, 9.17) is 0 Å². The number of hydrogen-bond donors (Lipinski definition) is 2. The van der Waals surface area contributed by atoms with E-state index in [2.05, 4.69) is 10.6 Å². The predicted molar refractivity (Wildman–Crippen MR) is 137 cm³/mol. The molecule has 0 heterocycles. The van der Waals surface area contributed by atoms with Gasteiger partial charge in [0.2, 0.25) is 11.8 Å². The Bertz CT molecular complexity index is 724. The third-order valence-electron chi connectivity index (χ3n) is 6.16. The number of rotatable bonds is 16. The van der Waals surface area contributed by atoms with Crippen molar-refractivity contribution in [2.24, 2.45) is 0 Å². The lowest BCUT2D eigenvalue weighted by atomic mass is 10.0. The van der Waals surface area contributed by atoms with Crippen LogP contribution in [0.5, 0.6) is 0 Å². The smallest absolute Gasteiger partial charge is 0.220 e. The summed E-state index contributed by atoms with van der Waals surface area (Å²) in [4.78, 5) is 24.2. The first-order chi connectivity index (χ1) is 16.1. The maximum atomic E-state index is 12.1. The molecule has 0 saturated heterocycles. The Hall–Kier alpha value is -2.62. The fraction of sp³-hybridized carbons (Fsp3) is 0.517. The lowest BCUT2D eigenvalue weighted by molar-refractivity contribution is -0.122. The Morgan fingerprint density at radius 1 is 0.545 bits per heavy atom. The van der Waals surface area contributed by atoms with Crippen molar-refractivity contribution in [3.8, 4) is 0 Å². The van der Waals surface area contributed by atoms with Crippen molar-refractivity contribution in [3.05, 3.63) is 71.8 Å². The van der Waals surface area contributed by atoms with Gasteiger partial charge in [-0.1, -0.05) is 106 Å². The molecule has 2 atom stereocenters. The maximum absolute atomic E-state index is 12.1. The molecular weight excluding hydrogens is 408 g/mol. The highest BCUT2D eigenvalue weighted by Crippen LogP contribution is 2.15. The highest BCUT2D eigenvalue weighted by molar-refractivity contribution is 5.76. The van der Waals surface area contributed by atoms with Crippen LogP contribution in [0, 0.1) is 0 Å². The molecule has 0 aromatic heterocycles. The second kappa shape index (κ2) is 16.1. The van der Waals surface area contributed by atoms with Crippen LogP contribution in [0.2, 0.25) is 0 Å². The fourth-order valence-corrected chi connectivity index (χ4v) is 4.09. The van der Waals surface area contributed by atoms with E-state index in [1.165, 1.54) is 32.1 Å². The summed E-state index contributed by atoms with van der Waals surface area (Å²) in [5.41, 5.74) is 2.29. The number of carbonyl (C=O) groups is 2. The number of carbonyl (C=O) groups excluding carboxylic acids is 2. The van der Waals surface area contributed by atoms with Gasteiger partial charge in [-0.25, -0.2) is 0 Å². The topological polar surface area (TPSA) is 58.2 Å².